The highest BCUT2D eigenvalue weighted by atomic mass is 32.1. The summed E-state index contributed by atoms with van der Waals surface area (Å²) in [5, 5.41) is 2.99. The van der Waals surface area contributed by atoms with E-state index in [1.54, 1.807) is 24.9 Å². The molecule has 0 saturated carbocycles. The Morgan fingerprint density at radius 1 is 1.11 bits per heavy atom. The number of nitrogens with zero attached hydrogens (tertiary/aromatic N) is 2. The zero-order valence-electron chi connectivity index (χ0n) is 24.0. The summed E-state index contributed by atoms with van der Waals surface area (Å²) in [4.78, 5) is 76.8. The number of benzene rings is 1. The first-order valence-electron chi connectivity index (χ1n) is 14.2. The predicted octanol–water partition coefficient (Wildman–Crippen LogP) is 4.07. The number of halogens is 2. The second-order valence-corrected chi connectivity index (χ2v) is 14.1. The summed E-state index contributed by atoms with van der Waals surface area (Å²) in [6, 6.07) is 5.41. The standard InChI is InChI=1S/C29H33F2N4O7PS/c1-16(17-11-12-32-25(36)15-17)34(2)28(39)22-9-8-20-5-3-4-6-21(27(38)35(20)22)33-26(37)24-14-18-13-19(7-10-23(18)44-24)29(30,31)43(40,41)42/h7,10-16,20-22H,3-6,8-9H2,1-2H3,(H,32,36)(H,33,37)(H2,40,41,42)/t16?,20-,21-,22-/m0/s1. The zero-order chi connectivity index (χ0) is 32.0. The molecule has 236 valence electrons. The number of carbonyl (C=O) groups excluding carboxylic acids is 3. The molecular weight excluding hydrogens is 617 g/mol. The van der Waals surface area contributed by atoms with Crippen molar-refractivity contribution in [3.05, 3.63) is 69.0 Å². The number of fused-ring (bicyclic) bond motifs is 2. The minimum Gasteiger partial charge on any atom is -0.340 e. The molecule has 0 aliphatic carbocycles. The minimum absolute atomic E-state index is 0.142. The number of aromatic amines is 1. The lowest BCUT2D eigenvalue weighted by atomic mass is 9.98. The summed E-state index contributed by atoms with van der Waals surface area (Å²) >= 11 is 1.00. The fraction of sp³-hybridized carbons (Fsp3) is 0.448. The lowest BCUT2D eigenvalue weighted by Crippen LogP contribution is -2.56. The maximum absolute atomic E-state index is 14.2. The van der Waals surface area contributed by atoms with Crippen LogP contribution in [-0.2, 0) is 19.8 Å². The highest BCUT2D eigenvalue weighted by molar-refractivity contribution is 7.52. The molecule has 4 heterocycles. The summed E-state index contributed by atoms with van der Waals surface area (Å²) in [6.07, 6.45) is 5.22. The van der Waals surface area contributed by atoms with E-state index in [0.29, 0.717) is 35.9 Å². The van der Waals surface area contributed by atoms with Gasteiger partial charge in [0.2, 0.25) is 17.4 Å². The zero-order valence-corrected chi connectivity index (χ0v) is 25.7. The van der Waals surface area contributed by atoms with E-state index in [2.05, 4.69) is 10.3 Å². The maximum atomic E-state index is 14.2. The van der Waals surface area contributed by atoms with Crippen LogP contribution >= 0.6 is 18.9 Å². The highest BCUT2D eigenvalue weighted by Crippen LogP contribution is 2.59. The Morgan fingerprint density at radius 2 is 1.84 bits per heavy atom. The van der Waals surface area contributed by atoms with Crippen molar-refractivity contribution in [1.82, 2.24) is 20.1 Å². The summed E-state index contributed by atoms with van der Waals surface area (Å²) in [6.45, 7) is 1.80. The molecule has 3 aromatic rings. The van der Waals surface area contributed by atoms with Gasteiger partial charge in [-0.2, -0.15) is 8.78 Å². The van der Waals surface area contributed by atoms with E-state index in [1.165, 1.54) is 29.3 Å². The average molecular weight is 651 g/mol. The monoisotopic (exact) mass is 650 g/mol. The predicted molar refractivity (Wildman–Crippen MR) is 159 cm³/mol. The third kappa shape index (κ3) is 6.08. The molecule has 2 aliphatic rings. The Kier molecular flexibility index (Phi) is 8.83. The summed E-state index contributed by atoms with van der Waals surface area (Å²) in [5.74, 6) is -1.21. The van der Waals surface area contributed by atoms with Gasteiger partial charge in [0.25, 0.3) is 5.91 Å². The van der Waals surface area contributed by atoms with E-state index >= 15 is 0 Å². The van der Waals surface area contributed by atoms with Crippen LogP contribution in [0.5, 0.6) is 0 Å². The number of thiophene rings is 1. The summed E-state index contributed by atoms with van der Waals surface area (Å²) in [5.41, 5.74) is -4.88. The van der Waals surface area contributed by atoms with Crippen molar-refractivity contribution in [2.75, 3.05) is 7.05 Å². The molecule has 15 heteroatoms. The van der Waals surface area contributed by atoms with Gasteiger partial charge in [0.05, 0.1) is 10.9 Å². The van der Waals surface area contributed by atoms with Crippen molar-refractivity contribution >= 4 is 46.7 Å². The van der Waals surface area contributed by atoms with Gasteiger partial charge in [-0.15, -0.1) is 11.3 Å². The number of aromatic nitrogens is 1. The number of alkyl halides is 2. The second-order valence-electron chi connectivity index (χ2n) is 11.4. The molecule has 1 unspecified atom stereocenters. The van der Waals surface area contributed by atoms with Gasteiger partial charge in [-0.1, -0.05) is 18.9 Å². The number of H-pyrrole nitrogens is 1. The van der Waals surface area contributed by atoms with E-state index in [-0.39, 0.29) is 33.7 Å². The van der Waals surface area contributed by atoms with Crippen LogP contribution in [-0.4, -0.2) is 67.5 Å². The van der Waals surface area contributed by atoms with Gasteiger partial charge < -0.3 is 29.9 Å². The quantitative estimate of drug-likeness (QED) is 0.281. The van der Waals surface area contributed by atoms with E-state index in [9.17, 15) is 32.5 Å². The van der Waals surface area contributed by atoms with Crippen LogP contribution in [0.1, 0.15) is 72.3 Å². The van der Waals surface area contributed by atoms with Crippen molar-refractivity contribution in [3.63, 3.8) is 0 Å². The van der Waals surface area contributed by atoms with Crippen molar-refractivity contribution in [3.8, 4) is 0 Å². The molecule has 44 heavy (non-hydrogen) atoms. The summed E-state index contributed by atoms with van der Waals surface area (Å²) in [7, 11) is -4.13. The Bertz CT molecular complexity index is 1710. The van der Waals surface area contributed by atoms with E-state index < -0.39 is 42.9 Å². The number of carbonyl (C=O) groups is 3. The molecule has 11 nitrogen and oxygen atoms in total. The number of likely N-dealkylation sites (N-methyl/N-ethyl adjacent to an activating group) is 1. The van der Waals surface area contributed by atoms with Crippen LogP contribution in [0.3, 0.4) is 0 Å². The van der Waals surface area contributed by atoms with Gasteiger partial charge in [-0.25, -0.2) is 0 Å². The Hall–Kier alpha value is -3.45. The SMILES string of the molecule is CC(c1cc[nH]c(=O)c1)N(C)C(=O)[C@@H]1CC[C@@H]2CCCC[C@H](NC(=O)c3cc4cc(C(F)(F)P(=O)(O)O)ccc4s3)C(=O)N21. The molecule has 5 rings (SSSR count). The van der Waals surface area contributed by atoms with Crippen molar-refractivity contribution in [1.29, 1.82) is 0 Å². The van der Waals surface area contributed by atoms with Crippen molar-refractivity contribution in [2.24, 2.45) is 0 Å². The first kappa shape index (κ1) is 32.0. The van der Waals surface area contributed by atoms with Crippen LogP contribution < -0.4 is 10.9 Å². The number of amides is 3. The first-order valence-corrected chi connectivity index (χ1v) is 16.7. The molecule has 2 fully saturated rings. The lowest BCUT2D eigenvalue weighted by molar-refractivity contribution is -0.147. The Morgan fingerprint density at radius 3 is 2.55 bits per heavy atom. The van der Waals surface area contributed by atoms with Crippen LogP contribution in [0.15, 0.2) is 47.4 Å². The first-order chi connectivity index (χ1) is 20.7. The fourth-order valence-corrected chi connectivity index (χ4v) is 7.44. The van der Waals surface area contributed by atoms with E-state index in [1.807, 2.05) is 0 Å². The van der Waals surface area contributed by atoms with Gasteiger partial charge in [0.1, 0.15) is 12.1 Å². The van der Waals surface area contributed by atoms with Crippen LogP contribution in [0.25, 0.3) is 10.1 Å². The lowest BCUT2D eigenvalue weighted by Gasteiger charge is -2.37. The average Bonchev–Trinajstić information content (AvgIpc) is 3.59. The normalized spacial score (nSPS) is 21.8. The molecule has 2 saturated heterocycles. The highest BCUT2D eigenvalue weighted by Gasteiger charge is 2.50. The molecule has 0 radical (unpaired) electrons. The third-order valence-corrected chi connectivity index (χ3v) is 10.7. The number of hydrogen-bond donors (Lipinski definition) is 4. The van der Waals surface area contributed by atoms with Gasteiger partial charge >= 0.3 is 13.3 Å². The topological polar surface area (TPSA) is 160 Å². The molecule has 1 aromatic carbocycles. The molecule has 4 N–H and O–H groups in total. The number of nitrogens with one attached hydrogen (secondary N) is 2. The van der Waals surface area contributed by atoms with Crippen LogP contribution in [0.4, 0.5) is 8.78 Å². The number of pyridine rings is 1. The van der Waals surface area contributed by atoms with Crippen LogP contribution in [0.2, 0.25) is 0 Å². The Balaban J connectivity index is 1.34. The van der Waals surface area contributed by atoms with E-state index in [0.717, 1.165) is 36.3 Å². The van der Waals surface area contributed by atoms with Gasteiger partial charge in [-0.05, 0) is 67.8 Å². The third-order valence-electron chi connectivity index (χ3n) is 8.59. The van der Waals surface area contributed by atoms with Gasteiger partial charge in [-0.3, -0.25) is 23.7 Å². The molecule has 2 aromatic heterocycles. The molecule has 4 atom stereocenters. The number of hydrogen-bond acceptors (Lipinski definition) is 6. The van der Waals surface area contributed by atoms with Crippen molar-refractivity contribution in [2.45, 2.75) is 75.3 Å². The van der Waals surface area contributed by atoms with E-state index in [4.69, 9.17) is 9.79 Å². The molecule has 3 amide bonds. The molecule has 2 aliphatic heterocycles. The van der Waals surface area contributed by atoms with Crippen LogP contribution in [0, 0.1) is 0 Å². The van der Waals surface area contributed by atoms with Crippen molar-refractivity contribution < 1.29 is 37.5 Å². The maximum Gasteiger partial charge on any atom is 0.399 e. The van der Waals surface area contributed by atoms with Gasteiger partial charge in [0.15, 0.2) is 0 Å². The second kappa shape index (κ2) is 12.2. The smallest absolute Gasteiger partial charge is 0.340 e. The fourth-order valence-electron chi connectivity index (χ4n) is 6.02. The number of rotatable bonds is 7. The largest absolute Gasteiger partial charge is 0.399 e. The summed E-state index contributed by atoms with van der Waals surface area (Å²) < 4.78 is 40.3. The molecular formula is C29H33F2N4O7PS. The minimum atomic E-state index is -5.76. The van der Waals surface area contributed by atoms with Gasteiger partial charge in [0, 0.05) is 35.6 Å². The molecule has 0 bridgehead atoms. The molecule has 0 spiro atoms. The Labute approximate surface area is 255 Å².